The standard InChI is InChI=1S/C27H48O4/c1-3-5-7-9-11-12-14-20-24-27(30)31-25(21-17-13-10-8-6-4-2)22-18-15-16-19-23-26(28)29/h8,10,17,21,25H,3-7,9,11-16,18-20,22-24H2,1-2H3,(H,28,29)/b10-8-,21-17-. The molecule has 0 aromatic rings. The maximum absolute atomic E-state index is 12.3. The van der Waals surface area contributed by atoms with E-state index in [9.17, 15) is 9.59 Å². The number of aliphatic carboxylic acids is 1. The van der Waals surface area contributed by atoms with Crippen LogP contribution < -0.4 is 0 Å². The van der Waals surface area contributed by atoms with E-state index in [0.29, 0.717) is 6.42 Å². The van der Waals surface area contributed by atoms with Crippen LogP contribution in [0.5, 0.6) is 0 Å². The molecule has 0 aliphatic carbocycles. The monoisotopic (exact) mass is 436 g/mol. The van der Waals surface area contributed by atoms with Crippen molar-refractivity contribution in [3.8, 4) is 0 Å². The van der Waals surface area contributed by atoms with Crippen LogP contribution in [0.2, 0.25) is 0 Å². The van der Waals surface area contributed by atoms with E-state index < -0.39 is 5.97 Å². The first-order valence-electron chi connectivity index (χ1n) is 12.8. The van der Waals surface area contributed by atoms with Crippen LogP contribution in [0.25, 0.3) is 0 Å². The number of carbonyl (C=O) groups excluding carboxylic acids is 1. The Kier molecular flexibility index (Phi) is 21.9. The van der Waals surface area contributed by atoms with Crippen molar-refractivity contribution >= 4 is 11.9 Å². The van der Waals surface area contributed by atoms with Gasteiger partial charge in [0.1, 0.15) is 6.10 Å². The molecule has 0 radical (unpaired) electrons. The second kappa shape index (κ2) is 23.1. The van der Waals surface area contributed by atoms with Gasteiger partial charge in [-0.3, -0.25) is 9.59 Å². The van der Waals surface area contributed by atoms with E-state index in [4.69, 9.17) is 9.84 Å². The molecule has 31 heavy (non-hydrogen) atoms. The number of carboxylic acids is 1. The molecular formula is C27H48O4. The summed E-state index contributed by atoms with van der Waals surface area (Å²) < 4.78 is 5.74. The number of esters is 1. The lowest BCUT2D eigenvalue weighted by Gasteiger charge is -2.14. The molecular weight excluding hydrogens is 388 g/mol. The maximum Gasteiger partial charge on any atom is 0.306 e. The van der Waals surface area contributed by atoms with Crippen LogP contribution in [-0.4, -0.2) is 23.1 Å². The summed E-state index contributed by atoms with van der Waals surface area (Å²) in [5.41, 5.74) is 0. The SMILES string of the molecule is CCC/C=C\C/C=C\C(CCCCCCC(=O)O)OC(=O)CCCCCCCCCC. The van der Waals surface area contributed by atoms with Crippen LogP contribution in [0.15, 0.2) is 24.3 Å². The van der Waals surface area contributed by atoms with Crippen molar-refractivity contribution in [2.45, 2.75) is 136 Å². The van der Waals surface area contributed by atoms with Gasteiger partial charge in [0.15, 0.2) is 0 Å². The predicted octanol–water partition coefficient (Wildman–Crippen LogP) is 8.16. The maximum atomic E-state index is 12.3. The number of carboxylic acid groups (broad SMARTS) is 1. The van der Waals surface area contributed by atoms with Gasteiger partial charge in [0.25, 0.3) is 0 Å². The summed E-state index contributed by atoms with van der Waals surface area (Å²) >= 11 is 0. The Labute approximate surface area is 191 Å². The van der Waals surface area contributed by atoms with Crippen molar-refractivity contribution < 1.29 is 19.4 Å². The molecule has 0 bridgehead atoms. The summed E-state index contributed by atoms with van der Waals surface area (Å²) in [5, 5.41) is 8.71. The summed E-state index contributed by atoms with van der Waals surface area (Å²) in [6, 6.07) is 0. The largest absolute Gasteiger partial charge is 0.481 e. The smallest absolute Gasteiger partial charge is 0.306 e. The number of allylic oxidation sites excluding steroid dienone is 3. The molecule has 0 saturated carbocycles. The molecule has 0 saturated heterocycles. The van der Waals surface area contributed by atoms with Gasteiger partial charge in [-0.2, -0.15) is 0 Å². The highest BCUT2D eigenvalue weighted by Crippen LogP contribution is 2.14. The number of hydrogen-bond donors (Lipinski definition) is 1. The van der Waals surface area contributed by atoms with Gasteiger partial charge in [-0.15, -0.1) is 0 Å². The van der Waals surface area contributed by atoms with Gasteiger partial charge in [-0.25, -0.2) is 0 Å². The van der Waals surface area contributed by atoms with E-state index in [1.165, 1.54) is 38.5 Å². The van der Waals surface area contributed by atoms with Gasteiger partial charge in [-0.1, -0.05) is 96.3 Å². The Morgan fingerprint density at radius 2 is 1.35 bits per heavy atom. The summed E-state index contributed by atoms with van der Waals surface area (Å²) in [6.07, 6.45) is 26.3. The number of carbonyl (C=O) groups is 2. The minimum Gasteiger partial charge on any atom is -0.481 e. The molecule has 1 unspecified atom stereocenters. The fraction of sp³-hybridized carbons (Fsp3) is 0.778. The van der Waals surface area contributed by atoms with Gasteiger partial charge in [-0.05, 0) is 44.6 Å². The van der Waals surface area contributed by atoms with Crippen LogP contribution in [0.1, 0.15) is 129 Å². The van der Waals surface area contributed by atoms with Crippen LogP contribution in [0, 0.1) is 0 Å². The van der Waals surface area contributed by atoms with Gasteiger partial charge < -0.3 is 9.84 Å². The summed E-state index contributed by atoms with van der Waals surface area (Å²) in [5.74, 6) is -0.820. The lowest BCUT2D eigenvalue weighted by atomic mass is 10.1. The molecule has 0 spiro atoms. The molecule has 4 heteroatoms. The van der Waals surface area contributed by atoms with E-state index >= 15 is 0 Å². The van der Waals surface area contributed by atoms with Crippen LogP contribution in [0.3, 0.4) is 0 Å². The van der Waals surface area contributed by atoms with E-state index in [1.807, 2.05) is 6.08 Å². The number of hydrogen-bond acceptors (Lipinski definition) is 3. The second-order valence-corrected chi connectivity index (χ2v) is 8.52. The number of ether oxygens (including phenoxy) is 1. The van der Waals surface area contributed by atoms with Gasteiger partial charge >= 0.3 is 11.9 Å². The average molecular weight is 437 g/mol. The lowest BCUT2D eigenvalue weighted by molar-refractivity contribution is -0.147. The van der Waals surface area contributed by atoms with Gasteiger partial charge in [0, 0.05) is 12.8 Å². The van der Waals surface area contributed by atoms with E-state index in [2.05, 4.69) is 32.1 Å². The second-order valence-electron chi connectivity index (χ2n) is 8.52. The molecule has 180 valence electrons. The highest BCUT2D eigenvalue weighted by molar-refractivity contribution is 5.69. The van der Waals surface area contributed by atoms with Crippen molar-refractivity contribution in [2.75, 3.05) is 0 Å². The van der Waals surface area contributed by atoms with Crippen molar-refractivity contribution in [2.24, 2.45) is 0 Å². The van der Waals surface area contributed by atoms with Crippen molar-refractivity contribution in [1.82, 2.24) is 0 Å². The number of unbranched alkanes of at least 4 members (excludes halogenated alkanes) is 11. The average Bonchev–Trinajstić information content (AvgIpc) is 2.74. The molecule has 0 rings (SSSR count). The van der Waals surface area contributed by atoms with Gasteiger partial charge in [0.2, 0.25) is 0 Å². The summed E-state index contributed by atoms with van der Waals surface area (Å²) in [6.45, 7) is 4.40. The molecule has 0 heterocycles. The molecule has 0 aromatic carbocycles. The Hall–Kier alpha value is -1.58. The summed E-state index contributed by atoms with van der Waals surface area (Å²) in [7, 11) is 0. The zero-order chi connectivity index (χ0) is 23.0. The molecule has 4 nitrogen and oxygen atoms in total. The first-order chi connectivity index (χ1) is 15.1. The van der Waals surface area contributed by atoms with Crippen molar-refractivity contribution in [1.29, 1.82) is 0 Å². The minimum absolute atomic E-state index is 0.0898. The van der Waals surface area contributed by atoms with Crippen LogP contribution in [-0.2, 0) is 14.3 Å². The predicted molar refractivity (Wildman–Crippen MR) is 130 cm³/mol. The lowest BCUT2D eigenvalue weighted by Crippen LogP contribution is -2.16. The third kappa shape index (κ3) is 22.9. The Balaban J connectivity index is 4.17. The van der Waals surface area contributed by atoms with Crippen LogP contribution in [0.4, 0.5) is 0 Å². The fourth-order valence-corrected chi connectivity index (χ4v) is 3.49. The zero-order valence-corrected chi connectivity index (χ0v) is 20.3. The highest BCUT2D eigenvalue weighted by atomic mass is 16.5. The first-order valence-corrected chi connectivity index (χ1v) is 12.8. The molecule has 0 aliphatic heterocycles. The molecule has 0 fully saturated rings. The molecule has 1 atom stereocenters. The van der Waals surface area contributed by atoms with Crippen LogP contribution >= 0.6 is 0 Å². The highest BCUT2D eigenvalue weighted by Gasteiger charge is 2.11. The third-order valence-corrected chi connectivity index (χ3v) is 5.39. The quantitative estimate of drug-likeness (QED) is 0.106. The Morgan fingerprint density at radius 3 is 2.00 bits per heavy atom. The van der Waals surface area contributed by atoms with Gasteiger partial charge in [0.05, 0.1) is 0 Å². The van der Waals surface area contributed by atoms with E-state index in [-0.39, 0.29) is 18.5 Å². The number of rotatable bonds is 22. The Bertz CT molecular complexity index is 482. The van der Waals surface area contributed by atoms with Crippen molar-refractivity contribution in [3.63, 3.8) is 0 Å². The molecule has 0 amide bonds. The normalized spacial score (nSPS) is 12.6. The fourth-order valence-electron chi connectivity index (χ4n) is 3.49. The van der Waals surface area contributed by atoms with E-state index in [0.717, 1.165) is 64.2 Å². The minimum atomic E-state index is -0.730. The van der Waals surface area contributed by atoms with E-state index in [1.54, 1.807) is 0 Å². The molecule has 0 aliphatic rings. The Morgan fingerprint density at radius 1 is 0.742 bits per heavy atom. The molecule has 1 N–H and O–H groups in total. The zero-order valence-electron chi connectivity index (χ0n) is 20.3. The topological polar surface area (TPSA) is 63.6 Å². The first kappa shape index (κ1) is 29.4. The molecule has 0 aromatic heterocycles. The summed E-state index contributed by atoms with van der Waals surface area (Å²) in [4.78, 5) is 22.9. The van der Waals surface area contributed by atoms with Crippen molar-refractivity contribution in [3.05, 3.63) is 24.3 Å². The third-order valence-electron chi connectivity index (χ3n) is 5.39.